The smallest absolute Gasteiger partial charge is 0.252 e. The second kappa shape index (κ2) is 10.2. The van der Waals surface area contributed by atoms with Crippen molar-refractivity contribution < 1.29 is 22.8 Å². The number of rotatable bonds is 7. The number of nitrogens with zero attached hydrogens (tertiary/aromatic N) is 2. The van der Waals surface area contributed by atoms with Crippen LogP contribution in [0.3, 0.4) is 0 Å². The van der Waals surface area contributed by atoms with Crippen LogP contribution in [0, 0.1) is 0 Å². The average Bonchev–Trinajstić information content (AvgIpc) is 3.20. The number of amides is 3. The fourth-order valence-electron chi connectivity index (χ4n) is 4.60. The number of fused-ring (bicyclic) bond motifs is 1. The molecule has 1 unspecified atom stereocenters. The molecule has 0 radical (unpaired) electrons. The molecule has 0 spiro atoms. The van der Waals surface area contributed by atoms with Crippen LogP contribution in [0.5, 0.6) is 0 Å². The fourth-order valence-corrected chi connectivity index (χ4v) is 6.20. The first-order valence-electron chi connectivity index (χ1n) is 12.0. The minimum atomic E-state index is -4.17. The Bertz CT molecular complexity index is 1640. The number of carbonyl (C=O) groups is 3. The van der Waals surface area contributed by atoms with E-state index in [0.29, 0.717) is 16.9 Å². The van der Waals surface area contributed by atoms with E-state index in [0.717, 1.165) is 20.0 Å². The molecule has 9 heteroatoms. The predicted octanol–water partition coefficient (Wildman–Crippen LogP) is 4.32. The maximum Gasteiger partial charge on any atom is 0.252 e. The van der Waals surface area contributed by atoms with Crippen molar-refractivity contribution in [3.05, 3.63) is 103 Å². The van der Waals surface area contributed by atoms with Crippen molar-refractivity contribution in [3.63, 3.8) is 0 Å². The topological polar surface area (TPSA) is 104 Å². The zero-order valence-electron chi connectivity index (χ0n) is 20.6. The first kappa shape index (κ1) is 25.3. The number of benzene rings is 4. The highest BCUT2D eigenvalue weighted by atomic mass is 32.2. The normalized spacial score (nSPS) is 15.8. The quantitative estimate of drug-likeness (QED) is 0.361. The molecule has 1 saturated heterocycles. The highest BCUT2D eigenvalue weighted by Crippen LogP contribution is 2.32. The third-order valence-corrected chi connectivity index (χ3v) is 8.28. The zero-order chi connectivity index (χ0) is 26.9. The van der Waals surface area contributed by atoms with Gasteiger partial charge in [0.25, 0.3) is 5.91 Å². The summed E-state index contributed by atoms with van der Waals surface area (Å²) in [5, 5.41) is 4.28. The van der Waals surface area contributed by atoms with Gasteiger partial charge in [-0.1, -0.05) is 60.7 Å². The van der Waals surface area contributed by atoms with Gasteiger partial charge in [-0.3, -0.25) is 14.4 Å². The standard InChI is InChI=1S/C29H25N3O5S/c1-20(33)30-24-12-14-25(15-13-24)32-28(34)18-27(29(32)35)31(19-21-7-3-2-4-8-21)38(36,37)26-16-11-22-9-5-6-10-23(22)17-26/h2-17,27H,18-19H2,1H3,(H,30,33). The monoisotopic (exact) mass is 527 g/mol. The van der Waals surface area contributed by atoms with Gasteiger partial charge in [-0.25, -0.2) is 13.3 Å². The summed E-state index contributed by atoms with van der Waals surface area (Å²) in [6.45, 7) is 1.30. The summed E-state index contributed by atoms with van der Waals surface area (Å²) in [4.78, 5) is 39.1. The van der Waals surface area contributed by atoms with E-state index in [1.54, 1.807) is 60.7 Å². The van der Waals surface area contributed by atoms with Crippen LogP contribution >= 0.6 is 0 Å². The Morgan fingerprint density at radius 3 is 2.24 bits per heavy atom. The van der Waals surface area contributed by atoms with E-state index in [1.807, 2.05) is 30.3 Å². The van der Waals surface area contributed by atoms with E-state index in [-0.39, 0.29) is 23.8 Å². The molecule has 4 aromatic carbocycles. The van der Waals surface area contributed by atoms with Gasteiger partial charge in [0.2, 0.25) is 21.8 Å². The van der Waals surface area contributed by atoms with Gasteiger partial charge >= 0.3 is 0 Å². The number of hydrogen-bond acceptors (Lipinski definition) is 5. The largest absolute Gasteiger partial charge is 0.326 e. The molecule has 192 valence electrons. The molecule has 1 fully saturated rings. The lowest BCUT2D eigenvalue weighted by atomic mass is 10.1. The molecule has 38 heavy (non-hydrogen) atoms. The minimum absolute atomic E-state index is 0.0468. The van der Waals surface area contributed by atoms with E-state index in [2.05, 4.69) is 5.32 Å². The van der Waals surface area contributed by atoms with Crippen LogP contribution in [-0.2, 0) is 31.0 Å². The van der Waals surface area contributed by atoms with E-state index < -0.39 is 27.9 Å². The Morgan fingerprint density at radius 1 is 0.895 bits per heavy atom. The molecule has 8 nitrogen and oxygen atoms in total. The third kappa shape index (κ3) is 4.93. The maximum absolute atomic E-state index is 14.0. The highest BCUT2D eigenvalue weighted by Gasteiger charge is 2.47. The first-order chi connectivity index (χ1) is 18.2. The van der Waals surface area contributed by atoms with E-state index in [1.165, 1.54) is 13.0 Å². The number of imide groups is 1. The van der Waals surface area contributed by atoms with Crippen LogP contribution in [0.15, 0.2) is 102 Å². The Labute approximate surface area is 220 Å². The highest BCUT2D eigenvalue weighted by molar-refractivity contribution is 7.89. The second-order valence-corrected chi connectivity index (χ2v) is 11.0. The predicted molar refractivity (Wildman–Crippen MR) is 145 cm³/mol. The summed E-state index contributed by atoms with van der Waals surface area (Å²) in [6.07, 6.45) is -0.286. The molecule has 0 aromatic heterocycles. The van der Waals surface area contributed by atoms with E-state index >= 15 is 0 Å². The minimum Gasteiger partial charge on any atom is -0.326 e. The van der Waals surface area contributed by atoms with Crippen molar-refractivity contribution in [1.82, 2.24) is 4.31 Å². The number of hydrogen-bond donors (Lipinski definition) is 1. The molecule has 1 aliphatic rings. The van der Waals surface area contributed by atoms with Gasteiger partial charge in [0.05, 0.1) is 17.0 Å². The van der Waals surface area contributed by atoms with Crippen molar-refractivity contribution in [3.8, 4) is 0 Å². The Hall–Kier alpha value is -4.34. The van der Waals surface area contributed by atoms with E-state index in [9.17, 15) is 22.8 Å². The van der Waals surface area contributed by atoms with Crippen molar-refractivity contribution in [1.29, 1.82) is 0 Å². The molecule has 0 saturated carbocycles. The maximum atomic E-state index is 14.0. The lowest BCUT2D eigenvalue weighted by molar-refractivity contribution is -0.122. The number of sulfonamides is 1. The van der Waals surface area contributed by atoms with Gasteiger partial charge in [-0.2, -0.15) is 4.31 Å². The van der Waals surface area contributed by atoms with Gasteiger partial charge < -0.3 is 5.32 Å². The Kier molecular flexibility index (Phi) is 6.79. The summed E-state index contributed by atoms with van der Waals surface area (Å²) in [5.74, 6) is -1.37. The fraction of sp³-hybridized carbons (Fsp3) is 0.138. The summed E-state index contributed by atoms with van der Waals surface area (Å²) >= 11 is 0. The van der Waals surface area contributed by atoms with Gasteiger partial charge in [-0.05, 0) is 52.7 Å². The molecule has 3 amide bonds. The molecule has 0 aliphatic carbocycles. The Balaban J connectivity index is 1.52. The van der Waals surface area contributed by atoms with Gasteiger partial charge in [-0.15, -0.1) is 0 Å². The molecular formula is C29H25N3O5S. The molecule has 1 aliphatic heterocycles. The lowest BCUT2D eigenvalue weighted by Crippen LogP contribution is -2.45. The average molecular weight is 528 g/mol. The van der Waals surface area contributed by atoms with E-state index in [4.69, 9.17) is 0 Å². The van der Waals surface area contributed by atoms with Crippen molar-refractivity contribution in [2.75, 3.05) is 10.2 Å². The number of anilines is 2. The SMILES string of the molecule is CC(=O)Nc1ccc(N2C(=O)CC(N(Cc3ccccc3)S(=O)(=O)c3ccc4ccccc4c3)C2=O)cc1. The van der Waals surface area contributed by atoms with Gasteiger partial charge in [0.15, 0.2) is 0 Å². The lowest BCUT2D eigenvalue weighted by Gasteiger charge is -2.27. The molecule has 1 heterocycles. The summed E-state index contributed by atoms with van der Waals surface area (Å²) in [5.41, 5.74) is 1.51. The summed E-state index contributed by atoms with van der Waals surface area (Å²) in [6, 6.07) is 26.3. The van der Waals surface area contributed by atoms with Gasteiger partial charge in [0.1, 0.15) is 6.04 Å². The molecule has 5 rings (SSSR count). The number of carbonyl (C=O) groups excluding carboxylic acids is 3. The van der Waals surface area contributed by atoms with Crippen LogP contribution in [0.4, 0.5) is 11.4 Å². The molecule has 4 aromatic rings. The molecule has 0 bridgehead atoms. The number of nitrogens with one attached hydrogen (secondary N) is 1. The van der Waals surface area contributed by atoms with Crippen molar-refractivity contribution in [2.24, 2.45) is 0 Å². The van der Waals surface area contributed by atoms with Crippen LogP contribution in [-0.4, -0.2) is 36.5 Å². The van der Waals surface area contributed by atoms with Gasteiger partial charge in [0, 0.05) is 19.2 Å². The summed E-state index contributed by atoms with van der Waals surface area (Å²) < 4.78 is 29.2. The zero-order valence-corrected chi connectivity index (χ0v) is 21.4. The molecule has 1 atom stereocenters. The first-order valence-corrected chi connectivity index (χ1v) is 13.5. The second-order valence-electron chi connectivity index (χ2n) is 9.06. The van der Waals surface area contributed by atoms with Crippen LogP contribution in [0.1, 0.15) is 18.9 Å². The Morgan fingerprint density at radius 2 is 1.55 bits per heavy atom. The molecular weight excluding hydrogens is 502 g/mol. The molecule has 1 N–H and O–H groups in total. The third-order valence-electron chi connectivity index (χ3n) is 6.43. The summed E-state index contributed by atoms with van der Waals surface area (Å²) in [7, 11) is -4.17. The van der Waals surface area contributed by atoms with Crippen LogP contribution < -0.4 is 10.2 Å². The van der Waals surface area contributed by atoms with Crippen molar-refractivity contribution in [2.45, 2.75) is 30.8 Å². The van der Waals surface area contributed by atoms with Crippen LogP contribution in [0.25, 0.3) is 10.8 Å². The van der Waals surface area contributed by atoms with Crippen LogP contribution in [0.2, 0.25) is 0 Å². The van der Waals surface area contributed by atoms with Crippen molar-refractivity contribution >= 4 is 49.9 Å².